The second-order valence-corrected chi connectivity index (χ2v) is 6.35. The number of rotatable bonds is 4. The van der Waals surface area contributed by atoms with Gasteiger partial charge in [0.1, 0.15) is 0 Å². The van der Waals surface area contributed by atoms with Gasteiger partial charge >= 0.3 is 0 Å². The summed E-state index contributed by atoms with van der Waals surface area (Å²) in [5.74, 6) is 0.703. The van der Waals surface area contributed by atoms with Crippen LogP contribution >= 0.6 is 0 Å². The normalized spacial score (nSPS) is 16.0. The van der Waals surface area contributed by atoms with E-state index in [9.17, 15) is 4.79 Å². The third kappa shape index (κ3) is 11.8. The maximum absolute atomic E-state index is 11.4. The van der Waals surface area contributed by atoms with Gasteiger partial charge in [-0.2, -0.15) is 0 Å². The van der Waals surface area contributed by atoms with Crippen molar-refractivity contribution in [2.24, 2.45) is 5.92 Å². The Balaban J connectivity index is 0.000000396. The molecule has 0 aromatic heterocycles. The van der Waals surface area contributed by atoms with E-state index in [4.69, 9.17) is 5.11 Å². The molecule has 3 rings (SSSR count). The number of hydrogen-bond acceptors (Lipinski definition) is 2. The largest absolute Gasteiger partial charge is 0.400 e. The van der Waals surface area contributed by atoms with Crippen LogP contribution in [-0.2, 0) is 11.2 Å². The van der Waals surface area contributed by atoms with Crippen LogP contribution in [0.2, 0.25) is 0 Å². The van der Waals surface area contributed by atoms with Crippen LogP contribution in [0.5, 0.6) is 0 Å². The molecule has 1 aromatic rings. The van der Waals surface area contributed by atoms with Gasteiger partial charge in [-0.05, 0) is 37.7 Å². The maximum Gasteiger partial charge on any atom is 0.223 e. The van der Waals surface area contributed by atoms with E-state index in [1.165, 1.54) is 50.5 Å². The number of hydrogen-bond donors (Lipinski definition) is 2. The molecular weight excluding hydrogens is 310 g/mol. The monoisotopic (exact) mass is 349 g/mol. The number of benzene rings is 1. The zero-order valence-corrected chi connectivity index (χ0v) is 16.8. The Kier molecular flexibility index (Phi) is 15.3. The number of carbonyl (C=O) groups excluding carboxylic acids is 1. The fourth-order valence-corrected chi connectivity index (χ4v) is 2.84. The quantitative estimate of drug-likeness (QED) is 0.792. The van der Waals surface area contributed by atoms with Gasteiger partial charge in [0.15, 0.2) is 0 Å². The van der Waals surface area contributed by atoms with Crippen LogP contribution in [0.4, 0.5) is 0 Å². The highest BCUT2D eigenvalue weighted by atomic mass is 16.2. The molecule has 0 unspecified atom stereocenters. The molecule has 0 aliphatic heterocycles. The average molecular weight is 350 g/mol. The Labute approximate surface area is 155 Å². The summed E-state index contributed by atoms with van der Waals surface area (Å²) in [4.78, 5) is 11.4. The molecule has 0 radical (unpaired) electrons. The van der Waals surface area contributed by atoms with Crippen molar-refractivity contribution in [3.63, 3.8) is 0 Å². The second kappa shape index (κ2) is 16.1. The van der Waals surface area contributed by atoms with Crippen molar-refractivity contribution in [3.8, 4) is 0 Å². The van der Waals surface area contributed by atoms with E-state index in [-0.39, 0.29) is 0 Å². The van der Waals surface area contributed by atoms with Gasteiger partial charge in [0.25, 0.3) is 0 Å². The van der Waals surface area contributed by atoms with Gasteiger partial charge in [0, 0.05) is 19.1 Å². The molecule has 3 nitrogen and oxygen atoms in total. The number of aliphatic hydroxyl groups is 1. The highest BCUT2D eigenvalue weighted by Crippen LogP contribution is 2.29. The molecule has 2 saturated carbocycles. The minimum atomic E-state index is 0.321. The van der Waals surface area contributed by atoms with Crippen LogP contribution in [0.3, 0.4) is 0 Å². The molecule has 144 valence electrons. The Morgan fingerprint density at radius 3 is 2.04 bits per heavy atom. The summed E-state index contributed by atoms with van der Waals surface area (Å²) in [7, 11) is 1.00. The predicted octanol–water partition coefficient (Wildman–Crippen LogP) is 5.12. The first-order valence-corrected chi connectivity index (χ1v) is 10.1. The van der Waals surface area contributed by atoms with Crippen molar-refractivity contribution in [2.75, 3.05) is 7.11 Å². The topological polar surface area (TPSA) is 49.3 Å². The Hall–Kier alpha value is -1.35. The first-order chi connectivity index (χ1) is 12.3. The molecule has 0 heterocycles. The van der Waals surface area contributed by atoms with Gasteiger partial charge in [0.05, 0.1) is 0 Å². The number of nitrogens with one attached hydrogen (secondary N) is 1. The van der Waals surface area contributed by atoms with Crippen LogP contribution in [0.1, 0.15) is 77.7 Å². The molecule has 0 bridgehead atoms. The molecule has 3 heteroatoms. The third-order valence-corrected chi connectivity index (χ3v) is 4.28. The zero-order chi connectivity index (χ0) is 18.9. The fraction of sp³-hybridized carbons (Fsp3) is 0.682. The molecule has 2 aliphatic carbocycles. The minimum Gasteiger partial charge on any atom is -0.400 e. The minimum absolute atomic E-state index is 0.321. The van der Waals surface area contributed by atoms with E-state index < -0.39 is 0 Å². The highest BCUT2D eigenvalue weighted by molar-refractivity contribution is 5.81. The number of aliphatic hydroxyl groups excluding tert-OH is 1. The molecule has 1 amide bonds. The van der Waals surface area contributed by atoms with Crippen LogP contribution in [-0.4, -0.2) is 24.2 Å². The summed E-state index contributed by atoms with van der Waals surface area (Å²) >= 11 is 0. The highest BCUT2D eigenvalue weighted by Gasteiger charge is 2.30. The van der Waals surface area contributed by atoms with E-state index in [0.29, 0.717) is 17.9 Å². The Morgan fingerprint density at radius 1 is 1.00 bits per heavy atom. The van der Waals surface area contributed by atoms with Crippen molar-refractivity contribution in [3.05, 3.63) is 35.9 Å². The summed E-state index contributed by atoms with van der Waals surface area (Å²) in [6.45, 7) is 6.20. The summed E-state index contributed by atoms with van der Waals surface area (Å²) in [6, 6.07) is 11.1. The smallest absolute Gasteiger partial charge is 0.223 e. The van der Waals surface area contributed by atoms with E-state index >= 15 is 0 Å². The fourth-order valence-electron chi connectivity index (χ4n) is 2.84. The van der Waals surface area contributed by atoms with E-state index in [0.717, 1.165) is 20.0 Å². The van der Waals surface area contributed by atoms with Crippen LogP contribution in [0, 0.1) is 5.92 Å². The van der Waals surface area contributed by atoms with Gasteiger partial charge in [-0.1, -0.05) is 76.8 Å². The number of carbonyl (C=O) groups is 1. The number of amides is 1. The van der Waals surface area contributed by atoms with E-state index in [1.807, 2.05) is 13.8 Å². The van der Waals surface area contributed by atoms with Gasteiger partial charge in [-0.15, -0.1) is 0 Å². The first-order valence-electron chi connectivity index (χ1n) is 10.1. The molecule has 1 aromatic carbocycles. The molecule has 2 aliphatic rings. The second-order valence-electron chi connectivity index (χ2n) is 6.35. The van der Waals surface area contributed by atoms with Crippen molar-refractivity contribution < 1.29 is 9.90 Å². The standard InChI is InChI=1S/C10H17NO.C9H12.C2H6.CH4O/c12-10(8-6-7-8)11-9-4-2-1-3-5-9;1-2-6-9-7-4-3-5-8-9;2*1-2/h8-9H,1-7H2,(H,11,12);3-5,7-8H,2,6H2,1H3;1-2H3;2H,1H3. The molecule has 2 fully saturated rings. The molecular formula is C22H39NO2. The lowest BCUT2D eigenvalue weighted by Gasteiger charge is -2.22. The lowest BCUT2D eigenvalue weighted by Crippen LogP contribution is -2.37. The first kappa shape index (κ1) is 23.6. The molecule has 25 heavy (non-hydrogen) atoms. The van der Waals surface area contributed by atoms with Gasteiger partial charge in [-0.25, -0.2) is 0 Å². The summed E-state index contributed by atoms with van der Waals surface area (Å²) in [6.07, 6.45) is 11.1. The van der Waals surface area contributed by atoms with Gasteiger partial charge in [0.2, 0.25) is 5.91 Å². The average Bonchev–Trinajstić information content (AvgIpc) is 3.53. The molecule has 0 atom stereocenters. The molecule has 2 N–H and O–H groups in total. The van der Waals surface area contributed by atoms with Crippen LogP contribution in [0.15, 0.2) is 30.3 Å². The third-order valence-electron chi connectivity index (χ3n) is 4.28. The van der Waals surface area contributed by atoms with Crippen molar-refractivity contribution in [1.82, 2.24) is 5.32 Å². The summed E-state index contributed by atoms with van der Waals surface area (Å²) in [5, 5.41) is 10.1. The zero-order valence-electron chi connectivity index (χ0n) is 16.8. The van der Waals surface area contributed by atoms with Crippen LogP contribution < -0.4 is 5.32 Å². The van der Waals surface area contributed by atoms with Crippen molar-refractivity contribution >= 4 is 5.91 Å². The van der Waals surface area contributed by atoms with Crippen molar-refractivity contribution in [1.29, 1.82) is 0 Å². The van der Waals surface area contributed by atoms with Gasteiger partial charge in [-0.3, -0.25) is 4.79 Å². The van der Waals surface area contributed by atoms with E-state index in [2.05, 4.69) is 42.6 Å². The molecule has 0 saturated heterocycles. The van der Waals surface area contributed by atoms with Crippen molar-refractivity contribution in [2.45, 2.75) is 84.6 Å². The SMILES string of the molecule is CC.CCCc1ccccc1.CO.O=C(NC1CCCCC1)C1CC1. The Morgan fingerprint density at radius 2 is 1.56 bits per heavy atom. The lowest BCUT2D eigenvalue weighted by molar-refractivity contribution is -0.123. The summed E-state index contributed by atoms with van der Waals surface area (Å²) in [5.41, 5.74) is 1.44. The van der Waals surface area contributed by atoms with Crippen LogP contribution in [0.25, 0.3) is 0 Å². The predicted molar refractivity (Wildman–Crippen MR) is 108 cm³/mol. The number of aryl methyl sites for hydroxylation is 1. The van der Waals surface area contributed by atoms with Gasteiger partial charge < -0.3 is 10.4 Å². The Bertz CT molecular complexity index is 409. The molecule has 0 spiro atoms. The van der Waals surface area contributed by atoms with E-state index in [1.54, 1.807) is 0 Å². The lowest BCUT2D eigenvalue weighted by atomic mass is 9.95. The maximum atomic E-state index is 11.4. The summed E-state index contributed by atoms with van der Waals surface area (Å²) < 4.78 is 0.